The lowest BCUT2D eigenvalue weighted by Crippen LogP contribution is -2.43. The van der Waals surface area contributed by atoms with Crippen molar-refractivity contribution < 1.29 is 4.79 Å². The van der Waals surface area contributed by atoms with Crippen molar-refractivity contribution in [2.75, 3.05) is 6.54 Å². The smallest absolute Gasteiger partial charge is 0.234 e. The summed E-state index contributed by atoms with van der Waals surface area (Å²) in [6, 6.07) is 0. The van der Waals surface area contributed by atoms with Crippen LogP contribution in [0.5, 0.6) is 0 Å². The molecule has 0 spiro atoms. The number of carbonyl (C=O) groups excluding carboxylic acids is 1. The predicted octanol–water partition coefficient (Wildman–Crippen LogP) is 1.46. The molecule has 1 aromatic rings. The van der Waals surface area contributed by atoms with Gasteiger partial charge in [0.25, 0.3) is 0 Å². The van der Waals surface area contributed by atoms with E-state index in [0.29, 0.717) is 13.1 Å². The Balaban J connectivity index is 2.25. The molecule has 0 aliphatic rings. The van der Waals surface area contributed by atoms with Gasteiger partial charge in [0.1, 0.15) is 5.01 Å². The second kappa shape index (κ2) is 5.41. The van der Waals surface area contributed by atoms with Gasteiger partial charge in [-0.1, -0.05) is 0 Å². The summed E-state index contributed by atoms with van der Waals surface area (Å²) in [6.45, 7) is 8.90. The monoisotopic (exact) mass is 241 g/mol. The van der Waals surface area contributed by atoms with E-state index in [1.165, 1.54) is 0 Å². The van der Waals surface area contributed by atoms with Gasteiger partial charge in [0.15, 0.2) is 0 Å². The molecular formula is C11H19N3OS. The molecule has 0 aliphatic heterocycles. The average Bonchev–Trinajstić information content (AvgIpc) is 2.57. The van der Waals surface area contributed by atoms with Crippen LogP contribution in [0.3, 0.4) is 0 Å². The summed E-state index contributed by atoms with van der Waals surface area (Å²) in [5, 5.41) is 8.89. The number of aromatic nitrogens is 1. The third-order valence-electron chi connectivity index (χ3n) is 1.88. The minimum atomic E-state index is -0.0326. The largest absolute Gasteiger partial charge is 0.348 e. The fourth-order valence-electron chi connectivity index (χ4n) is 1.07. The summed E-state index contributed by atoms with van der Waals surface area (Å²) >= 11 is 1.57. The van der Waals surface area contributed by atoms with Crippen molar-refractivity contribution in [1.29, 1.82) is 0 Å². The number of nitrogens with one attached hydrogen (secondary N) is 2. The van der Waals surface area contributed by atoms with Crippen LogP contribution in [-0.4, -0.2) is 23.0 Å². The first kappa shape index (κ1) is 13.1. The van der Waals surface area contributed by atoms with E-state index < -0.39 is 0 Å². The van der Waals surface area contributed by atoms with Crippen molar-refractivity contribution in [2.45, 2.75) is 39.8 Å². The van der Waals surface area contributed by atoms with E-state index in [2.05, 4.69) is 15.6 Å². The number of nitrogens with zero attached hydrogens (tertiary/aromatic N) is 1. The number of thiazole rings is 1. The molecule has 2 N–H and O–H groups in total. The summed E-state index contributed by atoms with van der Waals surface area (Å²) in [5.41, 5.74) is 0.969. The normalized spacial score (nSPS) is 11.5. The highest BCUT2D eigenvalue weighted by molar-refractivity contribution is 7.09. The molecule has 0 aromatic carbocycles. The lowest BCUT2D eigenvalue weighted by atomic mass is 10.1. The first-order chi connectivity index (χ1) is 7.37. The number of hydrogen-bond donors (Lipinski definition) is 2. The molecule has 90 valence electrons. The van der Waals surface area contributed by atoms with Crippen molar-refractivity contribution in [2.24, 2.45) is 0 Å². The van der Waals surface area contributed by atoms with E-state index >= 15 is 0 Å². The van der Waals surface area contributed by atoms with Crippen LogP contribution < -0.4 is 10.6 Å². The van der Waals surface area contributed by atoms with Crippen molar-refractivity contribution >= 4 is 17.2 Å². The number of carbonyl (C=O) groups is 1. The highest BCUT2D eigenvalue weighted by Gasteiger charge is 2.11. The highest BCUT2D eigenvalue weighted by Crippen LogP contribution is 2.07. The first-order valence-electron chi connectivity index (χ1n) is 5.29. The first-order valence-corrected chi connectivity index (χ1v) is 6.17. The summed E-state index contributed by atoms with van der Waals surface area (Å²) in [6.07, 6.45) is 0. The molecule has 1 aromatic heterocycles. The van der Waals surface area contributed by atoms with Crippen LogP contribution in [0.1, 0.15) is 31.5 Å². The van der Waals surface area contributed by atoms with E-state index in [1.54, 1.807) is 11.3 Å². The maximum Gasteiger partial charge on any atom is 0.234 e. The summed E-state index contributed by atoms with van der Waals surface area (Å²) in [4.78, 5) is 15.7. The SMILES string of the molecule is Cc1csc(CNC(=O)CNC(C)(C)C)n1. The molecular weight excluding hydrogens is 222 g/mol. The van der Waals surface area contributed by atoms with E-state index in [-0.39, 0.29) is 11.4 Å². The third kappa shape index (κ3) is 5.23. The third-order valence-corrected chi connectivity index (χ3v) is 2.85. The van der Waals surface area contributed by atoms with Crippen LogP contribution in [0, 0.1) is 6.92 Å². The molecule has 0 aliphatic carbocycles. The lowest BCUT2D eigenvalue weighted by molar-refractivity contribution is -0.120. The van der Waals surface area contributed by atoms with Gasteiger partial charge in [-0.15, -0.1) is 11.3 Å². The van der Waals surface area contributed by atoms with E-state index in [9.17, 15) is 4.79 Å². The van der Waals surface area contributed by atoms with Crippen LogP contribution in [0.15, 0.2) is 5.38 Å². The second-order valence-corrected chi connectivity index (χ2v) is 5.71. The Morgan fingerprint density at radius 1 is 1.50 bits per heavy atom. The molecule has 16 heavy (non-hydrogen) atoms. The van der Waals surface area contributed by atoms with Gasteiger partial charge in [-0.25, -0.2) is 4.98 Å². The molecule has 0 atom stereocenters. The average molecular weight is 241 g/mol. The maximum absolute atomic E-state index is 11.5. The number of amides is 1. The Bertz CT molecular complexity index is 354. The fourth-order valence-corrected chi connectivity index (χ4v) is 1.78. The van der Waals surface area contributed by atoms with Gasteiger partial charge < -0.3 is 10.6 Å². The minimum absolute atomic E-state index is 0.00257. The van der Waals surface area contributed by atoms with Crippen molar-refractivity contribution in [1.82, 2.24) is 15.6 Å². The predicted molar refractivity (Wildman–Crippen MR) is 66.5 cm³/mol. The van der Waals surface area contributed by atoms with E-state index in [0.717, 1.165) is 10.7 Å². The van der Waals surface area contributed by atoms with Crippen molar-refractivity contribution in [3.05, 3.63) is 16.1 Å². The Morgan fingerprint density at radius 2 is 2.19 bits per heavy atom. The zero-order valence-electron chi connectivity index (χ0n) is 10.3. The van der Waals surface area contributed by atoms with E-state index in [1.807, 2.05) is 33.1 Å². The zero-order chi connectivity index (χ0) is 12.2. The topological polar surface area (TPSA) is 54.0 Å². The Kier molecular flexibility index (Phi) is 4.44. The Labute approximate surface area is 100 Å². The molecule has 0 saturated carbocycles. The molecule has 1 heterocycles. The quantitative estimate of drug-likeness (QED) is 0.839. The molecule has 0 radical (unpaired) electrons. The lowest BCUT2D eigenvalue weighted by Gasteiger charge is -2.19. The van der Waals surface area contributed by atoms with Gasteiger partial charge in [0.05, 0.1) is 13.1 Å². The van der Waals surface area contributed by atoms with Gasteiger partial charge in [-0.05, 0) is 27.7 Å². The van der Waals surface area contributed by atoms with Gasteiger partial charge in [0.2, 0.25) is 5.91 Å². The van der Waals surface area contributed by atoms with E-state index in [4.69, 9.17) is 0 Å². The fraction of sp³-hybridized carbons (Fsp3) is 0.636. The Hall–Kier alpha value is -0.940. The molecule has 0 fully saturated rings. The molecule has 5 heteroatoms. The van der Waals surface area contributed by atoms with Crippen LogP contribution in [0.25, 0.3) is 0 Å². The summed E-state index contributed by atoms with van der Waals surface area (Å²) < 4.78 is 0. The van der Waals surface area contributed by atoms with Crippen LogP contribution in [-0.2, 0) is 11.3 Å². The van der Waals surface area contributed by atoms with Crippen LogP contribution in [0.2, 0.25) is 0 Å². The number of hydrogen-bond acceptors (Lipinski definition) is 4. The summed E-state index contributed by atoms with van der Waals surface area (Å²) in [7, 11) is 0. The minimum Gasteiger partial charge on any atom is -0.348 e. The molecule has 0 unspecified atom stereocenters. The highest BCUT2D eigenvalue weighted by atomic mass is 32.1. The number of aryl methyl sites for hydroxylation is 1. The second-order valence-electron chi connectivity index (χ2n) is 4.76. The molecule has 0 bridgehead atoms. The molecule has 1 amide bonds. The van der Waals surface area contributed by atoms with Gasteiger partial charge in [-0.3, -0.25) is 4.79 Å². The van der Waals surface area contributed by atoms with Crippen molar-refractivity contribution in [3.8, 4) is 0 Å². The van der Waals surface area contributed by atoms with Crippen LogP contribution >= 0.6 is 11.3 Å². The molecule has 1 rings (SSSR count). The van der Waals surface area contributed by atoms with Crippen LogP contribution in [0.4, 0.5) is 0 Å². The van der Waals surface area contributed by atoms with Gasteiger partial charge in [0, 0.05) is 16.6 Å². The van der Waals surface area contributed by atoms with Gasteiger partial charge in [-0.2, -0.15) is 0 Å². The molecule has 4 nitrogen and oxygen atoms in total. The van der Waals surface area contributed by atoms with Gasteiger partial charge >= 0.3 is 0 Å². The standard InChI is InChI=1S/C11H19N3OS/c1-8-7-16-10(14-8)6-12-9(15)5-13-11(2,3)4/h7,13H,5-6H2,1-4H3,(H,12,15). The maximum atomic E-state index is 11.5. The number of rotatable bonds is 4. The molecule has 0 saturated heterocycles. The zero-order valence-corrected chi connectivity index (χ0v) is 11.1. The Morgan fingerprint density at radius 3 is 2.69 bits per heavy atom. The summed E-state index contributed by atoms with van der Waals surface area (Å²) in [5.74, 6) is 0.00257. The van der Waals surface area contributed by atoms with Crippen molar-refractivity contribution in [3.63, 3.8) is 0 Å².